The van der Waals surface area contributed by atoms with Gasteiger partial charge in [-0.1, -0.05) is 48.5 Å². The minimum atomic E-state index is -0.250. The number of likely N-dealkylation sites (N-methyl/N-ethyl adjacent to an activating group) is 1. The summed E-state index contributed by atoms with van der Waals surface area (Å²) in [5.74, 6) is -0.199. The molecule has 0 aliphatic heterocycles. The Bertz CT molecular complexity index is 994. The maximum Gasteiger partial charge on any atom is 0.275 e. The molecule has 0 spiro atoms. The standard InChI is InChI=1S/C22H26N4O2/c1-3-25(4-2)15-14-23-20(27)16-26-22(28)19-13-9-8-12-18(19)21(24-26)17-10-6-5-7-11-17/h5-13H,3-4,14-16H2,1-2H3,(H,23,27)/p+1. The third-order valence-electron chi connectivity index (χ3n) is 5.01. The van der Waals surface area contributed by atoms with Crippen molar-refractivity contribution < 1.29 is 9.69 Å². The van der Waals surface area contributed by atoms with E-state index in [2.05, 4.69) is 24.3 Å². The lowest BCUT2D eigenvalue weighted by Crippen LogP contribution is -3.12. The fourth-order valence-electron chi connectivity index (χ4n) is 3.33. The summed E-state index contributed by atoms with van der Waals surface area (Å²) in [6.07, 6.45) is 0. The van der Waals surface area contributed by atoms with Gasteiger partial charge >= 0.3 is 0 Å². The van der Waals surface area contributed by atoms with E-state index in [1.54, 1.807) is 6.07 Å². The Morgan fingerprint density at radius 2 is 1.64 bits per heavy atom. The van der Waals surface area contributed by atoms with Crippen molar-refractivity contribution in [1.29, 1.82) is 0 Å². The lowest BCUT2D eigenvalue weighted by atomic mass is 10.1. The average molecular weight is 379 g/mol. The summed E-state index contributed by atoms with van der Waals surface area (Å²) in [7, 11) is 0. The highest BCUT2D eigenvalue weighted by atomic mass is 16.2. The van der Waals surface area contributed by atoms with E-state index in [1.807, 2.05) is 48.5 Å². The third kappa shape index (κ3) is 4.46. The summed E-state index contributed by atoms with van der Waals surface area (Å²) >= 11 is 0. The zero-order valence-corrected chi connectivity index (χ0v) is 16.4. The van der Waals surface area contributed by atoms with Gasteiger partial charge in [0.25, 0.3) is 5.56 Å². The second kappa shape index (κ2) is 9.28. The fraction of sp³-hybridized carbons (Fsp3) is 0.318. The van der Waals surface area contributed by atoms with Crippen LogP contribution in [0.4, 0.5) is 0 Å². The summed E-state index contributed by atoms with van der Waals surface area (Å²) in [5, 5.41) is 8.79. The zero-order valence-electron chi connectivity index (χ0n) is 16.4. The predicted octanol–water partition coefficient (Wildman–Crippen LogP) is 1.10. The first-order chi connectivity index (χ1) is 13.6. The smallest absolute Gasteiger partial charge is 0.275 e. The van der Waals surface area contributed by atoms with Crippen LogP contribution in [-0.2, 0) is 11.3 Å². The number of fused-ring (bicyclic) bond motifs is 1. The number of hydrogen-bond acceptors (Lipinski definition) is 3. The second-order valence-electron chi connectivity index (χ2n) is 6.78. The molecule has 0 aliphatic rings. The summed E-state index contributed by atoms with van der Waals surface area (Å²) < 4.78 is 1.27. The van der Waals surface area contributed by atoms with Crippen molar-refractivity contribution in [1.82, 2.24) is 15.1 Å². The minimum absolute atomic E-state index is 0.0862. The molecule has 0 atom stereocenters. The number of amides is 1. The molecule has 0 radical (unpaired) electrons. The van der Waals surface area contributed by atoms with Gasteiger partial charge in [0, 0.05) is 10.9 Å². The molecule has 2 aromatic carbocycles. The van der Waals surface area contributed by atoms with E-state index in [1.165, 1.54) is 9.58 Å². The Kier molecular flexibility index (Phi) is 6.55. The average Bonchev–Trinajstić information content (AvgIpc) is 2.74. The number of nitrogens with one attached hydrogen (secondary N) is 2. The maximum absolute atomic E-state index is 12.8. The van der Waals surface area contributed by atoms with Crippen LogP contribution in [0.25, 0.3) is 22.0 Å². The van der Waals surface area contributed by atoms with E-state index in [0.29, 0.717) is 17.6 Å². The molecule has 0 aliphatic carbocycles. The zero-order chi connectivity index (χ0) is 19.9. The molecule has 2 N–H and O–H groups in total. The molecule has 3 rings (SSSR count). The third-order valence-corrected chi connectivity index (χ3v) is 5.01. The van der Waals surface area contributed by atoms with Gasteiger partial charge in [-0.05, 0) is 19.9 Å². The van der Waals surface area contributed by atoms with Gasteiger partial charge in [0.2, 0.25) is 5.91 Å². The van der Waals surface area contributed by atoms with Gasteiger partial charge in [0.15, 0.2) is 0 Å². The highest BCUT2D eigenvalue weighted by Gasteiger charge is 2.14. The first kappa shape index (κ1) is 19.8. The van der Waals surface area contributed by atoms with Gasteiger partial charge in [-0.2, -0.15) is 5.10 Å². The molecule has 6 heteroatoms. The summed E-state index contributed by atoms with van der Waals surface area (Å²) in [4.78, 5) is 26.6. The summed E-state index contributed by atoms with van der Waals surface area (Å²) in [5.41, 5.74) is 1.37. The Hall–Kier alpha value is -2.99. The number of aromatic nitrogens is 2. The molecule has 6 nitrogen and oxygen atoms in total. The van der Waals surface area contributed by atoms with Gasteiger partial charge in [-0.25, -0.2) is 4.68 Å². The number of carbonyl (C=O) groups excluding carboxylic acids is 1. The number of quaternary nitrogens is 1. The lowest BCUT2D eigenvalue weighted by Gasteiger charge is -2.16. The van der Waals surface area contributed by atoms with E-state index in [0.717, 1.165) is 30.6 Å². The predicted molar refractivity (Wildman–Crippen MR) is 111 cm³/mol. The van der Waals surface area contributed by atoms with Crippen LogP contribution in [0.2, 0.25) is 0 Å². The first-order valence-corrected chi connectivity index (χ1v) is 9.79. The van der Waals surface area contributed by atoms with Crippen LogP contribution in [0.15, 0.2) is 59.4 Å². The van der Waals surface area contributed by atoms with Crippen molar-refractivity contribution in [2.45, 2.75) is 20.4 Å². The lowest BCUT2D eigenvalue weighted by molar-refractivity contribution is -0.895. The van der Waals surface area contributed by atoms with Crippen LogP contribution >= 0.6 is 0 Å². The van der Waals surface area contributed by atoms with Gasteiger partial charge in [-0.3, -0.25) is 9.59 Å². The summed E-state index contributed by atoms with van der Waals surface area (Å²) in [6, 6.07) is 17.1. The molecular formula is C22H27N4O2+. The normalized spacial score (nSPS) is 11.1. The molecule has 1 heterocycles. The van der Waals surface area contributed by atoms with Crippen LogP contribution in [0.1, 0.15) is 13.8 Å². The minimum Gasteiger partial charge on any atom is -0.349 e. The molecule has 28 heavy (non-hydrogen) atoms. The number of hydrogen-bond donors (Lipinski definition) is 2. The molecule has 0 saturated heterocycles. The van der Waals surface area contributed by atoms with Crippen LogP contribution in [-0.4, -0.2) is 41.9 Å². The molecule has 0 unspecified atom stereocenters. The summed E-state index contributed by atoms with van der Waals surface area (Å²) in [6.45, 7) is 7.68. The number of carbonyl (C=O) groups is 1. The highest BCUT2D eigenvalue weighted by Crippen LogP contribution is 2.24. The van der Waals surface area contributed by atoms with Crippen LogP contribution in [0.5, 0.6) is 0 Å². The first-order valence-electron chi connectivity index (χ1n) is 9.79. The number of rotatable bonds is 8. The molecular weight excluding hydrogens is 352 g/mol. The molecule has 146 valence electrons. The van der Waals surface area contributed by atoms with E-state index >= 15 is 0 Å². The van der Waals surface area contributed by atoms with Crippen molar-refractivity contribution in [3.63, 3.8) is 0 Å². The van der Waals surface area contributed by atoms with Crippen molar-refractivity contribution in [3.8, 4) is 11.3 Å². The molecule has 0 fully saturated rings. The van der Waals surface area contributed by atoms with E-state index < -0.39 is 0 Å². The monoisotopic (exact) mass is 379 g/mol. The van der Waals surface area contributed by atoms with Crippen LogP contribution in [0, 0.1) is 0 Å². The number of benzene rings is 2. The molecule has 1 aromatic heterocycles. The Morgan fingerprint density at radius 3 is 2.32 bits per heavy atom. The molecule has 1 amide bonds. The largest absolute Gasteiger partial charge is 0.349 e. The SMILES string of the molecule is CC[NH+](CC)CCNC(=O)Cn1nc(-c2ccccc2)c2ccccc2c1=O. The Balaban J connectivity index is 1.86. The van der Waals surface area contributed by atoms with Crippen molar-refractivity contribution >= 4 is 16.7 Å². The molecule has 3 aromatic rings. The quantitative estimate of drug-likeness (QED) is 0.616. The molecule has 0 bridgehead atoms. The van der Waals surface area contributed by atoms with Crippen LogP contribution in [0.3, 0.4) is 0 Å². The van der Waals surface area contributed by atoms with E-state index in [9.17, 15) is 9.59 Å². The Labute approximate surface area is 164 Å². The molecule has 0 saturated carbocycles. The van der Waals surface area contributed by atoms with Crippen molar-refractivity contribution in [2.75, 3.05) is 26.2 Å². The topological polar surface area (TPSA) is 68.4 Å². The van der Waals surface area contributed by atoms with E-state index in [4.69, 9.17) is 0 Å². The van der Waals surface area contributed by atoms with Gasteiger partial charge in [0.05, 0.1) is 37.3 Å². The van der Waals surface area contributed by atoms with Gasteiger partial charge in [-0.15, -0.1) is 0 Å². The van der Waals surface area contributed by atoms with Crippen molar-refractivity contribution in [2.24, 2.45) is 0 Å². The van der Waals surface area contributed by atoms with E-state index in [-0.39, 0.29) is 18.0 Å². The Morgan fingerprint density at radius 1 is 1.00 bits per heavy atom. The van der Waals surface area contributed by atoms with Gasteiger partial charge < -0.3 is 10.2 Å². The van der Waals surface area contributed by atoms with Crippen LogP contribution < -0.4 is 15.8 Å². The van der Waals surface area contributed by atoms with Gasteiger partial charge in [0.1, 0.15) is 6.54 Å². The fourth-order valence-corrected chi connectivity index (χ4v) is 3.33. The second-order valence-corrected chi connectivity index (χ2v) is 6.78. The van der Waals surface area contributed by atoms with Crippen molar-refractivity contribution in [3.05, 3.63) is 65.0 Å². The maximum atomic E-state index is 12.8. The number of nitrogens with zero attached hydrogens (tertiary/aromatic N) is 2. The highest BCUT2D eigenvalue weighted by molar-refractivity contribution is 5.93.